The third-order valence-corrected chi connectivity index (χ3v) is 6.46. The monoisotopic (exact) mass is 472 g/mol. The van der Waals surface area contributed by atoms with Crippen LogP contribution < -0.4 is 0 Å². The molecule has 1 N–H and O–H groups in total. The van der Waals surface area contributed by atoms with E-state index in [1.54, 1.807) is 0 Å². The summed E-state index contributed by atoms with van der Waals surface area (Å²) in [5.74, 6) is -12.6. The zero-order chi connectivity index (χ0) is 24.5. The molecule has 2 heterocycles. The van der Waals surface area contributed by atoms with Gasteiger partial charge in [-0.3, -0.25) is 4.79 Å². The van der Waals surface area contributed by atoms with Gasteiger partial charge in [0.05, 0.1) is 18.1 Å². The minimum atomic E-state index is -5.78. The van der Waals surface area contributed by atoms with Gasteiger partial charge in [-0.15, -0.1) is 0 Å². The van der Waals surface area contributed by atoms with E-state index in [0.717, 1.165) is 0 Å². The van der Waals surface area contributed by atoms with Crippen molar-refractivity contribution in [3.8, 4) is 0 Å². The third kappa shape index (κ3) is 3.60. The molecular weight excluding hydrogens is 447 g/mol. The second-order valence-electron chi connectivity index (χ2n) is 9.33. The number of rotatable bonds is 5. The van der Waals surface area contributed by atoms with Gasteiger partial charge >= 0.3 is 29.8 Å². The molecule has 1 aliphatic carbocycles. The molecule has 7 nitrogen and oxygen atoms in total. The van der Waals surface area contributed by atoms with Crippen LogP contribution in [0.3, 0.4) is 0 Å². The zero-order valence-corrected chi connectivity index (χ0v) is 17.9. The van der Waals surface area contributed by atoms with Crippen molar-refractivity contribution in [2.24, 2.45) is 11.8 Å². The minimum absolute atomic E-state index is 0.0147. The number of alkyl halides is 5. The van der Waals surface area contributed by atoms with Crippen molar-refractivity contribution in [2.45, 2.75) is 81.8 Å². The van der Waals surface area contributed by atoms with Gasteiger partial charge in [0.1, 0.15) is 12.2 Å². The number of carbonyl (C=O) groups excluding carboxylic acids is 2. The molecule has 0 aromatic heterocycles. The summed E-state index contributed by atoms with van der Waals surface area (Å²) in [6, 6.07) is 0. The third-order valence-electron chi connectivity index (χ3n) is 6.46. The van der Waals surface area contributed by atoms with Gasteiger partial charge in [-0.1, -0.05) is 6.58 Å². The summed E-state index contributed by atoms with van der Waals surface area (Å²) in [4.78, 5) is 24.3. The van der Waals surface area contributed by atoms with Crippen LogP contribution in [0, 0.1) is 11.8 Å². The Morgan fingerprint density at radius 2 is 1.84 bits per heavy atom. The average Bonchev–Trinajstić information content (AvgIpc) is 3.04. The van der Waals surface area contributed by atoms with Crippen LogP contribution in [0.25, 0.3) is 0 Å². The molecule has 0 amide bonds. The first kappa shape index (κ1) is 24.8. The normalized spacial score (nSPS) is 39.0. The molecule has 6 atom stereocenters. The standard InChI is InChI=1S/C20H25F5O7/c1-9(2)14(26)30-13-7-11(10-6-12(13)31-15(10)27)16(3,4)32-17(5)8-29-19(28,18(17,21)22)20(23,24)25/h10-13,28H,1,6-8H2,2-5H3. The lowest BCUT2D eigenvalue weighted by Gasteiger charge is -2.46. The highest BCUT2D eigenvalue weighted by molar-refractivity contribution is 5.87. The summed E-state index contributed by atoms with van der Waals surface area (Å²) in [5.41, 5.74) is -4.39. The van der Waals surface area contributed by atoms with Crippen molar-refractivity contribution in [1.29, 1.82) is 0 Å². The zero-order valence-electron chi connectivity index (χ0n) is 17.9. The molecule has 2 saturated heterocycles. The SMILES string of the molecule is C=C(C)C(=O)OC1CC(C(C)(C)OC2(C)COC(O)(C(F)(F)F)C2(F)F)C2CC1OC2=O. The second-order valence-corrected chi connectivity index (χ2v) is 9.33. The Bertz CT molecular complexity index is 826. The Balaban J connectivity index is 1.87. The summed E-state index contributed by atoms with van der Waals surface area (Å²) in [5, 5.41) is 9.62. The molecule has 2 bridgehead atoms. The number of halogens is 5. The summed E-state index contributed by atoms with van der Waals surface area (Å²) in [6.45, 7) is 7.03. The van der Waals surface area contributed by atoms with E-state index in [4.69, 9.17) is 14.2 Å². The first-order chi connectivity index (χ1) is 14.4. The van der Waals surface area contributed by atoms with Crippen LogP contribution in [0.1, 0.15) is 40.5 Å². The molecule has 3 fully saturated rings. The Kier molecular flexibility index (Phi) is 5.71. The van der Waals surface area contributed by atoms with Gasteiger partial charge in [-0.25, -0.2) is 4.79 Å². The number of esters is 2. The van der Waals surface area contributed by atoms with Crippen molar-refractivity contribution in [3.63, 3.8) is 0 Å². The molecule has 0 aromatic carbocycles. The number of hydrogen-bond donors (Lipinski definition) is 1. The molecule has 182 valence electrons. The maximum absolute atomic E-state index is 14.8. The van der Waals surface area contributed by atoms with Crippen molar-refractivity contribution >= 4 is 11.9 Å². The fourth-order valence-corrected chi connectivity index (χ4v) is 4.68. The van der Waals surface area contributed by atoms with E-state index in [0.29, 0.717) is 6.92 Å². The number of carbonyl (C=O) groups is 2. The Morgan fingerprint density at radius 1 is 1.25 bits per heavy atom. The van der Waals surface area contributed by atoms with Gasteiger partial charge < -0.3 is 24.1 Å². The summed E-state index contributed by atoms with van der Waals surface area (Å²) >= 11 is 0. The van der Waals surface area contributed by atoms with Crippen LogP contribution in [0.4, 0.5) is 22.0 Å². The van der Waals surface area contributed by atoms with Crippen LogP contribution >= 0.6 is 0 Å². The molecule has 2 aliphatic heterocycles. The number of ether oxygens (including phenoxy) is 4. The lowest BCUT2D eigenvalue weighted by molar-refractivity contribution is -0.412. The van der Waals surface area contributed by atoms with Gasteiger partial charge in [0.15, 0.2) is 5.60 Å². The average molecular weight is 472 g/mol. The lowest BCUT2D eigenvalue weighted by Crippen LogP contribution is -2.65. The minimum Gasteiger partial charge on any atom is -0.458 e. The van der Waals surface area contributed by atoms with Crippen LogP contribution in [0.15, 0.2) is 12.2 Å². The molecule has 0 radical (unpaired) electrons. The Morgan fingerprint density at radius 3 is 2.34 bits per heavy atom. The van der Waals surface area contributed by atoms with E-state index in [2.05, 4.69) is 11.3 Å². The van der Waals surface area contributed by atoms with Gasteiger partial charge in [0, 0.05) is 17.9 Å². The number of hydrogen-bond acceptors (Lipinski definition) is 7. The fourth-order valence-electron chi connectivity index (χ4n) is 4.68. The topological polar surface area (TPSA) is 91.3 Å². The molecule has 32 heavy (non-hydrogen) atoms. The maximum atomic E-state index is 14.8. The van der Waals surface area contributed by atoms with E-state index in [1.807, 2.05) is 0 Å². The molecule has 3 aliphatic rings. The predicted octanol–water partition coefficient (Wildman–Crippen LogP) is 2.90. The molecule has 3 rings (SSSR count). The van der Waals surface area contributed by atoms with Crippen LogP contribution in [0.5, 0.6) is 0 Å². The van der Waals surface area contributed by atoms with Crippen molar-refractivity contribution < 1.29 is 55.6 Å². The van der Waals surface area contributed by atoms with Crippen LogP contribution in [-0.2, 0) is 28.5 Å². The van der Waals surface area contributed by atoms with Gasteiger partial charge in [0.25, 0.3) is 0 Å². The molecule has 1 saturated carbocycles. The van der Waals surface area contributed by atoms with E-state index < -0.39 is 71.7 Å². The largest absolute Gasteiger partial charge is 0.458 e. The molecule has 6 unspecified atom stereocenters. The summed E-state index contributed by atoms with van der Waals surface area (Å²) < 4.78 is 89.4. The van der Waals surface area contributed by atoms with E-state index in [9.17, 15) is 36.6 Å². The lowest BCUT2D eigenvalue weighted by atomic mass is 9.70. The smallest absolute Gasteiger partial charge is 0.449 e. The fraction of sp³-hybridized carbons (Fsp3) is 0.800. The van der Waals surface area contributed by atoms with E-state index in [1.165, 1.54) is 20.8 Å². The van der Waals surface area contributed by atoms with Crippen molar-refractivity contribution in [2.75, 3.05) is 6.61 Å². The highest BCUT2D eigenvalue weighted by atomic mass is 19.4. The van der Waals surface area contributed by atoms with E-state index >= 15 is 0 Å². The Labute approximate surface area is 180 Å². The van der Waals surface area contributed by atoms with Gasteiger partial charge in [0.2, 0.25) is 0 Å². The highest BCUT2D eigenvalue weighted by Gasteiger charge is 2.82. The van der Waals surface area contributed by atoms with Crippen LogP contribution in [-0.4, -0.2) is 64.9 Å². The number of fused-ring (bicyclic) bond motifs is 2. The second kappa shape index (κ2) is 7.36. The molecule has 0 spiro atoms. The number of aliphatic hydroxyl groups is 1. The first-order valence-corrected chi connectivity index (χ1v) is 9.94. The van der Waals surface area contributed by atoms with E-state index in [-0.39, 0.29) is 18.4 Å². The molecular formula is C20H25F5O7. The highest BCUT2D eigenvalue weighted by Crippen LogP contribution is 2.57. The first-order valence-electron chi connectivity index (χ1n) is 9.94. The summed E-state index contributed by atoms with van der Waals surface area (Å²) in [6.07, 6.45) is -7.31. The molecule has 12 heteroatoms. The van der Waals surface area contributed by atoms with Gasteiger partial charge in [-0.2, -0.15) is 22.0 Å². The van der Waals surface area contributed by atoms with Crippen molar-refractivity contribution in [3.05, 3.63) is 12.2 Å². The maximum Gasteiger partial charge on any atom is 0.449 e. The Hall–Kier alpha value is -1.79. The molecule has 0 aromatic rings. The summed E-state index contributed by atoms with van der Waals surface area (Å²) in [7, 11) is 0. The van der Waals surface area contributed by atoms with Crippen LogP contribution in [0.2, 0.25) is 0 Å². The quantitative estimate of drug-likeness (QED) is 0.374. The van der Waals surface area contributed by atoms with Crippen molar-refractivity contribution in [1.82, 2.24) is 0 Å². The van der Waals surface area contributed by atoms with Gasteiger partial charge in [-0.05, 0) is 34.1 Å². The predicted molar refractivity (Wildman–Crippen MR) is 96.3 cm³/mol.